The molecule has 36 valence electrons. The quantitative estimate of drug-likeness (QED) is 0.334. The predicted molar refractivity (Wildman–Crippen MR) is 33.8 cm³/mol. The fraction of sp³-hybridized carbons (Fsp3) is 1.00. The van der Waals surface area contributed by atoms with Gasteiger partial charge in [0.25, 0.3) is 0 Å². The second-order valence-electron chi connectivity index (χ2n) is 0.802. The van der Waals surface area contributed by atoms with Crippen LogP contribution in [0.5, 0.6) is 0 Å². The predicted octanol–water partition coefficient (Wildman–Crippen LogP) is 0.283. The van der Waals surface area contributed by atoms with Crippen molar-refractivity contribution >= 4 is 32.2 Å². The zero-order valence-electron chi connectivity index (χ0n) is 3.05. The van der Waals surface area contributed by atoms with Gasteiger partial charge < -0.3 is 0 Å². The number of hydrogen-bond donors (Lipinski definition) is 1. The molecule has 5 heteroatoms. The first-order valence-corrected chi connectivity index (χ1v) is 9.52. The van der Waals surface area contributed by atoms with Gasteiger partial charge in [-0.05, 0) is 0 Å². The second kappa shape index (κ2) is 2.36. The molecule has 0 saturated carbocycles. The second-order valence-corrected chi connectivity index (χ2v) is 13.0. The normalized spacial score (nSPS) is 22.8. The van der Waals surface area contributed by atoms with Crippen molar-refractivity contribution in [2.75, 3.05) is 5.08 Å². The van der Waals surface area contributed by atoms with Gasteiger partial charge in [0.2, 0.25) is 0 Å². The molecule has 0 aromatic heterocycles. The summed E-state index contributed by atoms with van der Waals surface area (Å²) in [6, 6.07) is 0. The summed E-state index contributed by atoms with van der Waals surface area (Å²) in [5.41, 5.74) is 0. The molecule has 0 aromatic rings. The van der Waals surface area contributed by atoms with Gasteiger partial charge in [0.1, 0.15) is 0 Å². The first-order chi connectivity index (χ1) is 2.93. The molecule has 0 bridgehead atoms. The molecule has 1 rings (SSSR count). The summed E-state index contributed by atoms with van der Waals surface area (Å²) in [5.74, 6) is 4.99. The van der Waals surface area contributed by atoms with E-state index in [0.29, 0.717) is 0 Å². The molecule has 0 aromatic carbocycles. The third-order valence-corrected chi connectivity index (χ3v) is 14.7. The average Bonchev–Trinajstić information content (AvgIpc) is 1.31. The van der Waals surface area contributed by atoms with Crippen molar-refractivity contribution < 1.29 is 0 Å². The van der Waals surface area contributed by atoms with Gasteiger partial charge in [-0.2, -0.15) is 0 Å². The number of rotatable bonds is 0. The van der Waals surface area contributed by atoms with Crippen LogP contribution in [-0.2, 0) is 0 Å². The van der Waals surface area contributed by atoms with Crippen LogP contribution in [0.1, 0.15) is 0 Å². The fourth-order valence-corrected chi connectivity index (χ4v) is 6.38. The van der Waals surface area contributed by atoms with Crippen LogP contribution in [0.15, 0.2) is 3.97 Å². The van der Waals surface area contributed by atoms with E-state index < -0.39 is 12.1 Å². The third-order valence-electron chi connectivity index (χ3n) is 0.470. The van der Waals surface area contributed by atoms with Crippen LogP contribution in [0.25, 0.3) is 0 Å². The summed E-state index contributed by atoms with van der Waals surface area (Å²) in [5, 5.41) is 1.23. The molecule has 0 unspecified atom stereocenters. The van der Waals surface area contributed by atoms with Crippen molar-refractivity contribution in [1.29, 1.82) is 0 Å². The molecule has 1 fully saturated rings. The molecular weight excluding hydrogens is 179 g/mol. The van der Waals surface area contributed by atoms with Crippen LogP contribution in [0.3, 0.4) is 0 Å². The molecule has 0 radical (unpaired) electrons. The Kier molecular flexibility index (Phi) is 2.03. The summed E-state index contributed by atoms with van der Waals surface area (Å²) in [4.78, 5) is 0. The molecule has 0 atom stereocenters. The van der Waals surface area contributed by atoms with Gasteiger partial charge in [-0.15, -0.1) is 0 Å². The summed E-state index contributed by atoms with van der Waals surface area (Å²) in [6.07, 6.45) is 0. The molecule has 1 aliphatic rings. The maximum absolute atomic E-state index is 4.99. The Balaban J connectivity index is 2.34. The van der Waals surface area contributed by atoms with Crippen LogP contribution in [0, 0.1) is 0 Å². The van der Waals surface area contributed by atoms with Crippen molar-refractivity contribution in [2.45, 2.75) is 0 Å². The van der Waals surface area contributed by atoms with E-state index in [9.17, 15) is 0 Å². The van der Waals surface area contributed by atoms with Crippen LogP contribution in [-0.4, -0.2) is 17.2 Å². The van der Waals surface area contributed by atoms with Gasteiger partial charge in [-0.1, -0.05) is 0 Å². The SMILES string of the molecule is NN=[AsH]1SCS1. The van der Waals surface area contributed by atoms with E-state index in [1.807, 2.05) is 20.0 Å². The van der Waals surface area contributed by atoms with Gasteiger partial charge in [-0.3, -0.25) is 0 Å². The monoisotopic (exact) mass is 184 g/mol. The minimum atomic E-state index is -0.963. The maximum atomic E-state index is 4.99. The van der Waals surface area contributed by atoms with Crippen LogP contribution < -0.4 is 5.84 Å². The Bertz CT molecular complexity index is 75.6. The van der Waals surface area contributed by atoms with Crippen LogP contribution in [0.2, 0.25) is 0 Å². The van der Waals surface area contributed by atoms with Crippen molar-refractivity contribution in [3.8, 4) is 0 Å². The van der Waals surface area contributed by atoms with Crippen molar-refractivity contribution in [3.63, 3.8) is 0 Å². The van der Waals surface area contributed by atoms with Gasteiger partial charge in [0.05, 0.1) is 0 Å². The average molecular weight is 184 g/mol. The molecule has 6 heavy (non-hydrogen) atoms. The molecule has 1 aliphatic heterocycles. The Labute approximate surface area is 47.3 Å². The van der Waals surface area contributed by atoms with E-state index in [4.69, 9.17) is 5.84 Å². The Morgan fingerprint density at radius 3 is 2.33 bits per heavy atom. The van der Waals surface area contributed by atoms with Crippen molar-refractivity contribution in [3.05, 3.63) is 0 Å². The number of hydrogen-bond acceptors (Lipinski definition) is 4. The zero-order chi connectivity index (χ0) is 4.41. The molecule has 1 saturated heterocycles. The Morgan fingerprint density at radius 1 is 1.67 bits per heavy atom. The van der Waals surface area contributed by atoms with E-state index >= 15 is 0 Å². The van der Waals surface area contributed by atoms with Crippen LogP contribution >= 0.6 is 20.0 Å². The Morgan fingerprint density at radius 2 is 2.33 bits per heavy atom. The van der Waals surface area contributed by atoms with Gasteiger partial charge in [0, 0.05) is 0 Å². The molecule has 1 heterocycles. The standard InChI is InChI=1S/CH5AsN2S2/c3-4-2-5-1-6-2/h2H,1,3H2. The number of nitrogens with zero attached hydrogens (tertiary/aromatic N) is 1. The zero-order valence-corrected chi connectivity index (χ0v) is 6.78. The van der Waals surface area contributed by atoms with Gasteiger partial charge in [0.15, 0.2) is 0 Å². The van der Waals surface area contributed by atoms with Gasteiger partial charge >= 0.3 is 47.1 Å². The molecule has 2 N–H and O–H groups in total. The molecule has 0 spiro atoms. The van der Waals surface area contributed by atoms with Gasteiger partial charge in [-0.25, -0.2) is 0 Å². The number of nitrogens with two attached hydrogens (primary N) is 1. The molecule has 0 aliphatic carbocycles. The van der Waals surface area contributed by atoms with Crippen LogP contribution in [0.4, 0.5) is 0 Å². The summed E-state index contributed by atoms with van der Waals surface area (Å²) in [7, 11) is 3.89. The Hall–Kier alpha value is 1.02. The molecule has 2 nitrogen and oxygen atoms in total. The topological polar surface area (TPSA) is 38.4 Å². The van der Waals surface area contributed by atoms with E-state index in [2.05, 4.69) is 3.97 Å². The summed E-state index contributed by atoms with van der Waals surface area (Å²) in [6.45, 7) is 0. The third kappa shape index (κ3) is 0.996. The van der Waals surface area contributed by atoms with E-state index in [1.54, 1.807) is 0 Å². The van der Waals surface area contributed by atoms with E-state index in [-0.39, 0.29) is 0 Å². The van der Waals surface area contributed by atoms with Crippen molar-refractivity contribution in [1.82, 2.24) is 0 Å². The summed E-state index contributed by atoms with van der Waals surface area (Å²) < 4.78 is 3.69. The molecular formula is CH5AsN2S2. The minimum absolute atomic E-state index is 0.963. The first kappa shape index (κ1) is 5.16. The van der Waals surface area contributed by atoms with E-state index in [1.165, 1.54) is 5.08 Å². The first-order valence-electron chi connectivity index (χ1n) is 1.47. The fourth-order valence-electron chi connectivity index (χ4n) is 0.186. The van der Waals surface area contributed by atoms with E-state index in [0.717, 1.165) is 0 Å². The van der Waals surface area contributed by atoms with Crippen molar-refractivity contribution in [2.24, 2.45) is 9.81 Å². The summed E-state index contributed by atoms with van der Waals surface area (Å²) >= 11 is -0.963. The molecule has 0 amide bonds.